The summed E-state index contributed by atoms with van der Waals surface area (Å²) in [4.78, 5) is 20.6. The van der Waals surface area contributed by atoms with Gasteiger partial charge in [0, 0.05) is 34.9 Å². The Hall–Kier alpha value is -1.64. The minimum Gasteiger partial charge on any atom is -0.329 e. The van der Waals surface area contributed by atoms with E-state index in [1.165, 1.54) is 23.1 Å². The number of rotatable bonds is 5. The van der Waals surface area contributed by atoms with Crippen LogP contribution >= 0.6 is 39.0 Å². The van der Waals surface area contributed by atoms with Crippen LogP contribution in [0.15, 0.2) is 51.7 Å². The molecule has 2 aromatic heterocycles. The van der Waals surface area contributed by atoms with Crippen molar-refractivity contribution in [2.75, 3.05) is 11.1 Å². The van der Waals surface area contributed by atoms with Gasteiger partial charge in [0.25, 0.3) is 0 Å². The van der Waals surface area contributed by atoms with Gasteiger partial charge in [0.2, 0.25) is 5.91 Å². The van der Waals surface area contributed by atoms with Gasteiger partial charge in [0.1, 0.15) is 0 Å². The second-order valence-corrected chi connectivity index (χ2v) is 7.42. The minimum absolute atomic E-state index is 0.0882. The summed E-state index contributed by atoms with van der Waals surface area (Å²) in [5, 5.41) is 6.18. The van der Waals surface area contributed by atoms with Crippen molar-refractivity contribution in [3.8, 4) is 11.3 Å². The highest BCUT2D eigenvalue weighted by atomic mass is 79.9. The van der Waals surface area contributed by atoms with Crippen molar-refractivity contribution >= 4 is 50.1 Å². The first-order valence-electron chi connectivity index (χ1n) is 6.73. The molecule has 0 fully saturated rings. The summed E-state index contributed by atoms with van der Waals surface area (Å²) in [7, 11) is 1.90. The van der Waals surface area contributed by atoms with Crippen molar-refractivity contribution < 1.29 is 4.79 Å². The normalized spacial score (nSPS) is 10.7. The number of hydrogen-bond donors (Lipinski definition) is 1. The lowest BCUT2D eigenvalue weighted by molar-refractivity contribution is -0.113. The average molecular weight is 409 g/mol. The van der Waals surface area contributed by atoms with E-state index in [4.69, 9.17) is 0 Å². The number of benzene rings is 1. The maximum absolute atomic E-state index is 12.0. The maximum atomic E-state index is 12.0. The zero-order valence-corrected chi connectivity index (χ0v) is 15.4. The summed E-state index contributed by atoms with van der Waals surface area (Å²) in [5.74, 6) is 0.215. The molecule has 0 saturated carbocycles. The summed E-state index contributed by atoms with van der Waals surface area (Å²) < 4.78 is 2.91. The molecule has 2 heterocycles. The molecule has 1 N–H and O–H groups in total. The Morgan fingerprint density at radius 2 is 2.17 bits per heavy atom. The lowest BCUT2D eigenvalue weighted by Crippen LogP contribution is -2.14. The Morgan fingerprint density at radius 1 is 1.39 bits per heavy atom. The molecular formula is C15H13BrN4OS2. The SMILES string of the molecule is Cn1ccnc1SCC(=O)Nc1nc(-c2ccc(Br)cc2)cs1. The molecule has 0 bridgehead atoms. The number of hydrogen-bond acceptors (Lipinski definition) is 5. The van der Waals surface area contributed by atoms with E-state index in [2.05, 4.69) is 31.2 Å². The van der Waals surface area contributed by atoms with Crippen LogP contribution in [0.4, 0.5) is 5.13 Å². The first kappa shape index (κ1) is 16.2. The molecule has 23 heavy (non-hydrogen) atoms. The molecule has 0 aliphatic heterocycles. The van der Waals surface area contributed by atoms with E-state index < -0.39 is 0 Å². The van der Waals surface area contributed by atoms with Crippen LogP contribution in [0.25, 0.3) is 11.3 Å². The van der Waals surface area contributed by atoms with Crippen LogP contribution < -0.4 is 5.32 Å². The smallest absolute Gasteiger partial charge is 0.236 e. The van der Waals surface area contributed by atoms with Crippen LogP contribution in [0.2, 0.25) is 0 Å². The first-order chi connectivity index (χ1) is 11.1. The molecule has 0 unspecified atom stereocenters. The number of aryl methyl sites for hydroxylation is 1. The van der Waals surface area contributed by atoms with E-state index >= 15 is 0 Å². The molecule has 0 saturated heterocycles. The number of carbonyl (C=O) groups excluding carboxylic acids is 1. The molecule has 0 atom stereocenters. The quantitative estimate of drug-likeness (QED) is 0.647. The van der Waals surface area contributed by atoms with E-state index in [0.29, 0.717) is 10.9 Å². The molecule has 118 valence electrons. The van der Waals surface area contributed by atoms with Gasteiger partial charge < -0.3 is 9.88 Å². The highest BCUT2D eigenvalue weighted by Crippen LogP contribution is 2.26. The second-order valence-electron chi connectivity index (χ2n) is 4.70. The molecule has 1 amide bonds. The number of halogens is 1. The van der Waals surface area contributed by atoms with Crippen LogP contribution in [0.5, 0.6) is 0 Å². The Labute approximate surface area is 150 Å². The lowest BCUT2D eigenvalue weighted by Gasteiger charge is -2.02. The number of nitrogens with zero attached hydrogens (tertiary/aromatic N) is 3. The van der Waals surface area contributed by atoms with Gasteiger partial charge in [-0.1, -0.05) is 39.8 Å². The fourth-order valence-electron chi connectivity index (χ4n) is 1.86. The number of carbonyl (C=O) groups is 1. The van der Waals surface area contributed by atoms with Gasteiger partial charge in [0.05, 0.1) is 11.4 Å². The number of imidazole rings is 1. The molecule has 3 rings (SSSR count). The fourth-order valence-corrected chi connectivity index (χ4v) is 3.59. The summed E-state index contributed by atoms with van der Waals surface area (Å²) in [6, 6.07) is 7.91. The van der Waals surface area contributed by atoms with E-state index in [0.717, 1.165) is 20.9 Å². The van der Waals surface area contributed by atoms with E-state index in [1.54, 1.807) is 6.20 Å². The molecule has 5 nitrogen and oxygen atoms in total. The summed E-state index contributed by atoms with van der Waals surface area (Å²) >= 11 is 6.23. The van der Waals surface area contributed by atoms with Crippen molar-refractivity contribution in [2.24, 2.45) is 7.05 Å². The summed E-state index contributed by atoms with van der Waals surface area (Å²) in [6.45, 7) is 0. The third-order valence-electron chi connectivity index (χ3n) is 3.00. The summed E-state index contributed by atoms with van der Waals surface area (Å²) in [6.07, 6.45) is 3.57. The Balaban J connectivity index is 1.59. The third kappa shape index (κ3) is 4.21. The number of thioether (sulfide) groups is 1. The molecule has 3 aromatic rings. The topological polar surface area (TPSA) is 59.8 Å². The second kappa shape index (κ2) is 7.29. The van der Waals surface area contributed by atoms with Gasteiger partial charge in [-0.25, -0.2) is 9.97 Å². The third-order valence-corrected chi connectivity index (χ3v) is 5.34. The predicted octanol–water partition coefficient (Wildman–Crippen LogP) is 4.04. The van der Waals surface area contributed by atoms with Crippen LogP contribution in [-0.4, -0.2) is 26.2 Å². The molecular weight excluding hydrogens is 396 g/mol. The van der Waals surface area contributed by atoms with Crippen molar-refractivity contribution in [1.82, 2.24) is 14.5 Å². The van der Waals surface area contributed by atoms with Crippen molar-refractivity contribution in [2.45, 2.75) is 5.16 Å². The zero-order valence-electron chi connectivity index (χ0n) is 12.2. The monoisotopic (exact) mass is 408 g/mol. The zero-order chi connectivity index (χ0) is 16.2. The Morgan fingerprint density at radius 3 is 2.87 bits per heavy atom. The van der Waals surface area contributed by atoms with Crippen molar-refractivity contribution in [3.05, 3.63) is 46.5 Å². The maximum Gasteiger partial charge on any atom is 0.236 e. The minimum atomic E-state index is -0.0882. The van der Waals surface area contributed by atoms with Crippen LogP contribution in [0, 0.1) is 0 Å². The van der Waals surface area contributed by atoms with Crippen LogP contribution in [0.3, 0.4) is 0 Å². The van der Waals surface area contributed by atoms with Gasteiger partial charge >= 0.3 is 0 Å². The van der Waals surface area contributed by atoms with Gasteiger partial charge in [-0.2, -0.15) is 0 Å². The van der Waals surface area contributed by atoms with E-state index in [-0.39, 0.29) is 5.91 Å². The molecule has 0 radical (unpaired) electrons. The summed E-state index contributed by atoms with van der Waals surface area (Å²) in [5.41, 5.74) is 1.88. The first-order valence-corrected chi connectivity index (χ1v) is 9.39. The Bertz CT molecular complexity index is 813. The predicted molar refractivity (Wildman–Crippen MR) is 97.8 cm³/mol. The van der Waals surface area contributed by atoms with Crippen LogP contribution in [0.1, 0.15) is 0 Å². The van der Waals surface area contributed by atoms with Gasteiger partial charge in [-0.15, -0.1) is 11.3 Å². The van der Waals surface area contributed by atoms with E-state index in [1.807, 2.05) is 47.5 Å². The number of aromatic nitrogens is 3. The van der Waals surface area contributed by atoms with Gasteiger partial charge in [-0.3, -0.25) is 4.79 Å². The molecule has 0 aliphatic rings. The molecule has 8 heteroatoms. The van der Waals surface area contributed by atoms with Gasteiger partial charge in [-0.05, 0) is 12.1 Å². The molecule has 1 aromatic carbocycles. The fraction of sp³-hybridized carbons (Fsp3) is 0.133. The average Bonchev–Trinajstić information content (AvgIpc) is 3.15. The highest BCUT2D eigenvalue weighted by molar-refractivity contribution is 9.10. The molecule has 0 spiro atoms. The lowest BCUT2D eigenvalue weighted by atomic mass is 10.2. The van der Waals surface area contributed by atoms with Crippen molar-refractivity contribution in [1.29, 1.82) is 0 Å². The number of nitrogens with one attached hydrogen (secondary N) is 1. The number of amides is 1. The van der Waals surface area contributed by atoms with Crippen LogP contribution in [-0.2, 0) is 11.8 Å². The van der Waals surface area contributed by atoms with Gasteiger partial charge in [0.15, 0.2) is 10.3 Å². The Kier molecular flexibility index (Phi) is 5.14. The largest absolute Gasteiger partial charge is 0.329 e. The highest BCUT2D eigenvalue weighted by Gasteiger charge is 2.10. The standard InChI is InChI=1S/C15H13BrN4OS2/c1-20-7-6-17-15(20)23-9-13(21)19-14-18-12(8-22-14)10-2-4-11(16)5-3-10/h2-8H,9H2,1H3,(H,18,19,21). The number of thiazole rings is 1. The van der Waals surface area contributed by atoms with Crippen molar-refractivity contribution in [3.63, 3.8) is 0 Å². The number of anilines is 1. The molecule has 0 aliphatic carbocycles. The van der Waals surface area contributed by atoms with E-state index in [9.17, 15) is 4.79 Å².